The van der Waals surface area contributed by atoms with E-state index in [1.54, 1.807) is 6.92 Å². The van der Waals surface area contributed by atoms with Crippen molar-refractivity contribution in [3.8, 4) is 0 Å². The van der Waals surface area contributed by atoms with Crippen molar-refractivity contribution in [3.05, 3.63) is 52.8 Å². The molecule has 0 radical (unpaired) electrons. The van der Waals surface area contributed by atoms with E-state index in [9.17, 15) is 9.59 Å². The molecule has 0 saturated heterocycles. The summed E-state index contributed by atoms with van der Waals surface area (Å²) < 4.78 is 1.97. The number of hydrogen-bond donors (Lipinski definition) is 1. The zero-order chi connectivity index (χ0) is 18.8. The lowest BCUT2D eigenvalue weighted by Crippen LogP contribution is -2.33. The van der Waals surface area contributed by atoms with Crippen LogP contribution < -0.4 is 5.32 Å². The molecule has 2 aromatic rings. The number of carbonyl (C=O) groups excluding carboxylic acids is 2. The summed E-state index contributed by atoms with van der Waals surface area (Å²) in [6.07, 6.45) is 3.58. The molecule has 6 heteroatoms. The van der Waals surface area contributed by atoms with Gasteiger partial charge in [0.05, 0.1) is 24.5 Å². The summed E-state index contributed by atoms with van der Waals surface area (Å²) >= 11 is 0. The predicted molar refractivity (Wildman–Crippen MR) is 102 cm³/mol. The summed E-state index contributed by atoms with van der Waals surface area (Å²) in [4.78, 5) is 26.2. The first-order chi connectivity index (χ1) is 13.1. The van der Waals surface area contributed by atoms with Gasteiger partial charge in [-0.15, -0.1) is 0 Å². The van der Waals surface area contributed by atoms with E-state index in [2.05, 4.69) is 28.6 Å². The van der Waals surface area contributed by atoms with E-state index in [4.69, 9.17) is 0 Å². The summed E-state index contributed by atoms with van der Waals surface area (Å²) in [5, 5.41) is 7.68. The first kappa shape index (κ1) is 17.8. The summed E-state index contributed by atoms with van der Waals surface area (Å²) in [5.74, 6) is 0.240. The predicted octanol–water partition coefficient (Wildman–Crippen LogP) is 2.06. The highest BCUT2D eigenvalue weighted by Crippen LogP contribution is 2.25. The molecule has 6 nitrogen and oxygen atoms in total. The van der Waals surface area contributed by atoms with Gasteiger partial charge < -0.3 is 10.2 Å². The van der Waals surface area contributed by atoms with Crippen molar-refractivity contribution in [1.29, 1.82) is 0 Å². The van der Waals surface area contributed by atoms with Crippen LogP contribution in [0.2, 0.25) is 0 Å². The molecule has 2 aliphatic rings. The maximum Gasteiger partial charge on any atom is 0.223 e. The van der Waals surface area contributed by atoms with Crippen LogP contribution in [0.3, 0.4) is 0 Å². The van der Waals surface area contributed by atoms with Crippen LogP contribution in [-0.4, -0.2) is 33.0 Å². The number of carbonyl (C=O) groups is 2. The van der Waals surface area contributed by atoms with Crippen molar-refractivity contribution in [1.82, 2.24) is 20.0 Å². The highest BCUT2D eigenvalue weighted by atomic mass is 16.2. The molecule has 1 unspecified atom stereocenters. The van der Waals surface area contributed by atoms with E-state index < -0.39 is 0 Å². The molecule has 2 heterocycles. The highest BCUT2D eigenvalue weighted by Gasteiger charge is 2.24. The van der Waals surface area contributed by atoms with E-state index in [1.807, 2.05) is 21.7 Å². The number of nitrogens with one attached hydrogen (secondary N) is 1. The molecular formula is C21H26N4O2. The largest absolute Gasteiger partial charge is 0.350 e. The number of aryl methyl sites for hydroxylation is 2. The fourth-order valence-electron chi connectivity index (χ4n) is 4.12. The van der Waals surface area contributed by atoms with Gasteiger partial charge >= 0.3 is 0 Å². The number of nitrogens with zero attached hydrogens (tertiary/aromatic N) is 3. The number of fused-ring (bicyclic) bond motifs is 2. The van der Waals surface area contributed by atoms with E-state index >= 15 is 0 Å². The Morgan fingerprint density at radius 2 is 2.04 bits per heavy atom. The third-order valence-electron chi connectivity index (χ3n) is 5.67. The van der Waals surface area contributed by atoms with Crippen molar-refractivity contribution >= 4 is 11.8 Å². The molecule has 1 N–H and O–H groups in total. The minimum absolute atomic E-state index is 0.0357. The Morgan fingerprint density at radius 1 is 1.22 bits per heavy atom. The minimum atomic E-state index is 0.0357. The molecule has 0 saturated carbocycles. The van der Waals surface area contributed by atoms with Crippen molar-refractivity contribution in [2.24, 2.45) is 5.92 Å². The van der Waals surface area contributed by atoms with Crippen LogP contribution in [0.25, 0.3) is 0 Å². The van der Waals surface area contributed by atoms with Crippen molar-refractivity contribution in [2.45, 2.75) is 52.2 Å². The van der Waals surface area contributed by atoms with Gasteiger partial charge in [0.1, 0.15) is 0 Å². The molecule has 1 aliphatic heterocycles. The quantitative estimate of drug-likeness (QED) is 0.904. The Bertz CT molecular complexity index is 858. The van der Waals surface area contributed by atoms with Gasteiger partial charge in [0.15, 0.2) is 0 Å². The minimum Gasteiger partial charge on any atom is -0.350 e. The van der Waals surface area contributed by atoms with Crippen LogP contribution >= 0.6 is 0 Å². The van der Waals surface area contributed by atoms with Gasteiger partial charge in [-0.1, -0.05) is 24.3 Å². The normalized spacial score (nSPS) is 19.0. The van der Waals surface area contributed by atoms with Crippen LogP contribution in [0.4, 0.5) is 0 Å². The number of benzene rings is 1. The van der Waals surface area contributed by atoms with E-state index in [1.165, 1.54) is 11.1 Å². The standard InChI is InChI=1S/C21H26N4O2/c1-15(26)24-9-4-10-25-20(14-24)12-19(23-25)13-22-21(27)18-8-7-16-5-2-3-6-17(16)11-18/h2-3,5-6,12,18H,4,7-11,13-14H2,1H3,(H,22,27). The second-order valence-corrected chi connectivity index (χ2v) is 7.57. The van der Waals surface area contributed by atoms with Crippen LogP contribution in [-0.2, 0) is 42.1 Å². The summed E-state index contributed by atoms with van der Waals surface area (Å²) in [6.45, 7) is 4.22. The second-order valence-electron chi connectivity index (χ2n) is 7.57. The number of amides is 2. The van der Waals surface area contributed by atoms with Crippen molar-refractivity contribution < 1.29 is 9.59 Å². The fourth-order valence-corrected chi connectivity index (χ4v) is 4.12. The summed E-state index contributed by atoms with van der Waals surface area (Å²) in [5.41, 5.74) is 4.56. The monoisotopic (exact) mass is 366 g/mol. The fraction of sp³-hybridized carbons (Fsp3) is 0.476. The van der Waals surface area contributed by atoms with Gasteiger partial charge in [-0.25, -0.2) is 0 Å². The Morgan fingerprint density at radius 3 is 2.85 bits per heavy atom. The van der Waals surface area contributed by atoms with Crippen LogP contribution in [0.5, 0.6) is 0 Å². The number of hydrogen-bond acceptors (Lipinski definition) is 3. The lowest BCUT2D eigenvalue weighted by Gasteiger charge is -2.23. The van der Waals surface area contributed by atoms with Crippen LogP contribution in [0.1, 0.15) is 42.3 Å². The number of aromatic nitrogens is 2. The zero-order valence-electron chi connectivity index (χ0n) is 15.8. The smallest absolute Gasteiger partial charge is 0.223 e. The second kappa shape index (κ2) is 7.55. The van der Waals surface area contributed by atoms with Gasteiger partial charge in [-0.2, -0.15) is 5.10 Å². The van der Waals surface area contributed by atoms with Gasteiger partial charge in [0, 0.05) is 25.9 Å². The first-order valence-electron chi connectivity index (χ1n) is 9.76. The molecule has 142 valence electrons. The van der Waals surface area contributed by atoms with Gasteiger partial charge in [0.2, 0.25) is 11.8 Å². The topological polar surface area (TPSA) is 67.2 Å². The lowest BCUT2D eigenvalue weighted by atomic mass is 9.83. The van der Waals surface area contributed by atoms with Crippen molar-refractivity contribution in [3.63, 3.8) is 0 Å². The van der Waals surface area contributed by atoms with Gasteiger partial charge in [-0.3, -0.25) is 14.3 Å². The number of rotatable bonds is 3. The van der Waals surface area contributed by atoms with E-state index in [-0.39, 0.29) is 17.7 Å². The van der Waals surface area contributed by atoms with Crippen LogP contribution in [0, 0.1) is 5.92 Å². The maximum atomic E-state index is 12.6. The van der Waals surface area contributed by atoms with Gasteiger partial charge in [0.25, 0.3) is 0 Å². The SMILES string of the molecule is CC(=O)N1CCCn2nc(CNC(=O)C3CCc4ccccc4C3)cc2C1. The van der Waals surface area contributed by atoms with E-state index in [0.29, 0.717) is 13.1 Å². The lowest BCUT2D eigenvalue weighted by molar-refractivity contribution is -0.129. The third kappa shape index (κ3) is 3.89. The molecule has 2 amide bonds. The van der Waals surface area contributed by atoms with Gasteiger partial charge in [-0.05, 0) is 42.9 Å². The Labute approximate surface area is 159 Å². The first-order valence-corrected chi connectivity index (χ1v) is 9.76. The molecule has 1 aromatic carbocycles. The third-order valence-corrected chi connectivity index (χ3v) is 5.67. The molecule has 27 heavy (non-hydrogen) atoms. The highest BCUT2D eigenvalue weighted by molar-refractivity contribution is 5.79. The summed E-state index contributed by atoms with van der Waals surface area (Å²) in [7, 11) is 0. The molecule has 0 fully saturated rings. The Hall–Kier alpha value is -2.63. The molecule has 1 aliphatic carbocycles. The molecular weight excluding hydrogens is 340 g/mol. The molecule has 1 atom stereocenters. The summed E-state index contributed by atoms with van der Waals surface area (Å²) in [6, 6.07) is 10.4. The van der Waals surface area contributed by atoms with Crippen LogP contribution in [0.15, 0.2) is 30.3 Å². The average Bonchev–Trinajstić information content (AvgIpc) is 2.95. The average molecular weight is 366 g/mol. The molecule has 1 aromatic heterocycles. The molecule has 4 rings (SSSR count). The zero-order valence-corrected chi connectivity index (χ0v) is 15.8. The van der Waals surface area contributed by atoms with E-state index in [0.717, 1.165) is 50.2 Å². The molecule has 0 spiro atoms. The Kier molecular flexibility index (Phi) is 4.97. The maximum absolute atomic E-state index is 12.6. The Balaban J connectivity index is 1.36. The molecule has 0 bridgehead atoms. The van der Waals surface area contributed by atoms with Crippen molar-refractivity contribution in [2.75, 3.05) is 6.54 Å².